The Balaban J connectivity index is 2.62. The van der Waals surface area contributed by atoms with E-state index in [4.69, 9.17) is 0 Å². The second kappa shape index (κ2) is 6.07. The summed E-state index contributed by atoms with van der Waals surface area (Å²) in [5.41, 5.74) is 4.47. The van der Waals surface area contributed by atoms with Gasteiger partial charge in [-0.3, -0.25) is 0 Å². The summed E-state index contributed by atoms with van der Waals surface area (Å²) in [7, 11) is 0. The monoisotopic (exact) mass is 261 g/mol. The Labute approximate surface area is 120 Å². The number of nitrogens with one attached hydrogen (secondary N) is 1. The van der Waals surface area contributed by atoms with Crippen LogP contribution in [0.3, 0.4) is 0 Å². The maximum atomic E-state index is 4.17. The molecule has 0 spiro atoms. The summed E-state index contributed by atoms with van der Waals surface area (Å²) in [5, 5.41) is 2.03. The maximum absolute atomic E-state index is 4.17. The summed E-state index contributed by atoms with van der Waals surface area (Å²) in [5.74, 6) is 0. The summed E-state index contributed by atoms with van der Waals surface area (Å²) in [4.78, 5) is 3.38. The van der Waals surface area contributed by atoms with Crippen LogP contribution in [0.1, 0.15) is 22.4 Å². The molecule has 1 aromatic heterocycles. The van der Waals surface area contributed by atoms with E-state index >= 15 is 0 Å². The van der Waals surface area contributed by atoms with Crippen LogP contribution in [0.25, 0.3) is 24.8 Å². The Morgan fingerprint density at radius 3 is 2.45 bits per heavy atom. The van der Waals surface area contributed by atoms with Crippen molar-refractivity contribution in [3.63, 3.8) is 0 Å². The van der Waals surface area contributed by atoms with E-state index in [-0.39, 0.29) is 0 Å². The number of benzene rings is 1. The van der Waals surface area contributed by atoms with Gasteiger partial charge in [0.05, 0.1) is 0 Å². The predicted molar refractivity (Wildman–Crippen MR) is 89.6 cm³/mol. The van der Waals surface area contributed by atoms with Crippen molar-refractivity contribution in [3.05, 3.63) is 82.5 Å². The number of allylic oxidation sites excluding steroid dienone is 2. The zero-order valence-electron chi connectivity index (χ0n) is 11.8. The molecule has 2 aromatic rings. The molecule has 0 aliphatic rings. The van der Waals surface area contributed by atoms with E-state index in [1.807, 2.05) is 37.3 Å². The number of aromatic amines is 1. The van der Waals surface area contributed by atoms with Gasteiger partial charge in [0.15, 0.2) is 0 Å². The molecule has 1 heterocycles. The second-order valence-corrected chi connectivity index (χ2v) is 4.63. The molecule has 1 nitrogen and oxygen atoms in total. The average Bonchev–Trinajstić information content (AvgIpc) is 2.72. The van der Waals surface area contributed by atoms with Gasteiger partial charge in [0, 0.05) is 16.6 Å². The lowest BCUT2D eigenvalue weighted by Gasteiger charge is -1.98. The van der Waals surface area contributed by atoms with Gasteiger partial charge in [0.25, 0.3) is 0 Å². The molecule has 0 amide bonds. The van der Waals surface area contributed by atoms with Gasteiger partial charge in [0.1, 0.15) is 0 Å². The molecule has 0 atom stereocenters. The van der Waals surface area contributed by atoms with Crippen LogP contribution in [0.15, 0.2) is 49.6 Å². The first-order chi connectivity index (χ1) is 9.67. The first-order valence-electron chi connectivity index (χ1n) is 6.57. The van der Waals surface area contributed by atoms with Crippen LogP contribution in [-0.4, -0.2) is 4.98 Å². The first kappa shape index (κ1) is 13.9. The fourth-order valence-corrected chi connectivity index (χ4v) is 2.21. The zero-order chi connectivity index (χ0) is 14.5. The van der Waals surface area contributed by atoms with Crippen LogP contribution in [-0.2, 0) is 0 Å². The smallest absolute Gasteiger partial charge is 0.0462 e. The Morgan fingerprint density at radius 2 is 1.80 bits per heavy atom. The molecule has 0 unspecified atom stereocenters. The van der Waals surface area contributed by atoms with E-state index < -0.39 is 0 Å². The van der Waals surface area contributed by atoms with Crippen molar-refractivity contribution in [3.8, 4) is 0 Å². The number of hydrogen-bond donors (Lipinski definition) is 1. The van der Waals surface area contributed by atoms with E-state index in [9.17, 15) is 0 Å². The number of H-pyrrole nitrogens is 1. The largest absolute Gasteiger partial charge is 0.358 e. The highest BCUT2D eigenvalue weighted by molar-refractivity contribution is 5.65. The van der Waals surface area contributed by atoms with Crippen LogP contribution >= 0.6 is 0 Å². The van der Waals surface area contributed by atoms with Crippen LogP contribution in [0, 0.1) is 6.92 Å². The maximum Gasteiger partial charge on any atom is 0.0462 e. The highest BCUT2D eigenvalue weighted by atomic mass is 14.7. The SMILES string of the molecule is C=C/C=C\c1c(C)[nH]/c(=C/c2ccccc2C=C)c1=C. The quantitative estimate of drug-likeness (QED) is 0.812. The van der Waals surface area contributed by atoms with Crippen molar-refractivity contribution in [1.82, 2.24) is 4.98 Å². The van der Waals surface area contributed by atoms with Crippen LogP contribution in [0.2, 0.25) is 0 Å². The van der Waals surface area contributed by atoms with Crippen molar-refractivity contribution >= 4 is 24.8 Å². The van der Waals surface area contributed by atoms with E-state index in [0.29, 0.717) is 0 Å². The molecular weight excluding hydrogens is 242 g/mol. The third-order valence-corrected chi connectivity index (χ3v) is 3.29. The minimum absolute atomic E-state index is 1.000. The molecule has 0 aliphatic carbocycles. The van der Waals surface area contributed by atoms with Crippen molar-refractivity contribution in [1.29, 1.82) is 0 Å². The number of aryl methyl sites for hydroxylation is 1. The molecule has 1 N–H and O–H groups in total. The van der Waals surface area contributed by atoms with Gasteiger partial charge in [0.2, 0.25) is 0 Å². The van der Waals surface area contributed by atoms with Crippen molar-refractivity contribution in [2.75, 3.05) is 0 Å². The second-order valence-electron chi connectivity index (χ2n) is 4.63. The molecule has 0 radical (unpaired) electrons. The lowest BCUT2D eigenvalue weighted by atomic mass is 10.1. The molecular formula is C19H19N. The predicted octanol–water partition coefficient (Wildman–Crippen LogP) is 3.40. The van der Waals surface area contributed by atoms with Gasteiger partial charge in [-0.1, -0.05) is 68.3 Å². The fourth-order valence-electron chi connectivity index (χ4n) is 2.21. The van der Waals surface area contributed by atoms with E-state index in [2.05, 4.69) is 42.9 Å². The highest BCUT2D eigenvalue weighted by Crippen LogP contribution is 2.10. The lowest BCUT2D eigenvalue weighted by molar-refractivity contribution is 1.21. The third kappa shape index (κ3) is 2.72. The van der Waals surface area contributed by atoms with E-state index in [1.54, 1.807) is 6.08 Å². The first-order valence-corrected chi connectivity index (χ1v) is 6.57. The molecule has 0 saturated heterocycles. The average molecular weight is 261 g/mol. The molecule has 0 aliphatic heterocycles. The number of aromatic nitrogens is 1. The topological polar surface area (TPSA) is 15.8 Å². The molecule has 0 fully saturated rings. The summed E-state index contributed by atoms with van der Waals surface area (Å²) in [6, 6.07) is 8.16. The van der Waals surface area contributed by atoms with Gasteiger partial charge >= 0.3 is 0 Å². The Hall–Kier alpha value is -2.54. The minimum Gasteiger partial charge on any atom is -0.358 e. The van der Waals surface area contributed by atoms with Crippen LogP contribution in [0.4, 0.5) is 0 Å². The molecule has 0 bridgehead atoms. The summed E-state index contributed by atoms with van der Waals surface area (Å²) in [6.07, 6.45) is 9.69. The number of rotatable bonds is 4. The third-order valence-electron chi connectivity index (χ3n) is 3.29. The van der Waals surface area contributed by atoms with Crippen LogP contribution in [0.5, 0.6) is 0 Å². The van der Waals surface area contributed by atoms with Crippen LogP contribution < -0.4 is 10.6 Å². The molecule has 1 heteroatoms. The standard InChI is InChI=1S/C19H19N/c1-5-7-12-18-14(3)19(20-15(18)4)13-17-11-9-8-10-16(17)6-2/h5-13,20H,1-3H2,4H3/b12-7-,19-13+. The minimum atomic E-state index is 1.000. The Kier molecular flexibility index (Phi) is 4.21. The van der Waals surface area contributed by atoms with Gasteiger partial charge in [-0.2, -0.15) is 0 Å². The molecule has 2 rings (SSSR count). The van der Waals surface area contributed by atoms with E-state index in [0.717, 1.165) is 33.0 Å². The lowest BCUT2D eigenvalue weighted by Crippen LogP contribution is -2.22. The normalized spacial score (nSPS) is 11.9. The van der Waals surface area contributed by atoms with Gasteiger partial charge in [-0.25, -0.2) is 0 Å². The number of hydrogen-bond acceptors (Lipinski definition) is 0. The molecule has 1 aromatic carbocycles. The fraction of sp³-hybridized carbons (Fsp3) is 0.0526. The molecule has 20 heavy (non-hydrogen) atoms. The summed E-state index contributed by atoms with van der Waals surface area (Å²) >= 11 is 0. The zero-order valence-corrected chi connectivity index (χ0v) is 11.8. The van der Waals surface area contributed by atoms with Crippen molar-refractivity contribution in [2.45, 2.75) is 6.92 Å². The van der Waals surface area contributed by atoms with Crippen molar-refractivity contribution in [2.24, 2.45) is 0 Å². The van der Waals surface area contributed by atoms with Gasteiger partial charge < -0.3 is 4.98 Å². The van der Waals surface area contributed by atoms with Gasteiger partial charge in [-0.05, 0) is 29.3 Å². The molecule has 0 saturated carbocycles. The van der Waals surface area contributed by atoms with Gasteiger partial charge in [-0.15, -0.1) is 0 Å². The van der Waals surface area contributed by atoms with Crippen molar-refractivity contribution < 1.29 is 0 Å². The summed E-state index contributed by atoms with van der Waals surface area (Å²) in [6.45, 7) is 13.8. The highest BCUT2D eigenvalue weighted by Gasteiger charge is 2.01. The Morgan fingerprint density at radius 1 is 1.10 bits per heavy atom. The molecule has 100 valence electrons. The Bertz CT molecular complexity index is 773. The van der Waals surface area contributed by atoms with E-state index in [1.165, 1.54) is 0 Å². The summed E-state index contributed by atoms with van der Waals surface area (Å²) < 4.78 is 0.